The smallest absolute Gasteiger partial charge is 0.253 e. The van der Waals surface area contributed by atoms with Gasteiger partial charge < -0.3 is 28.8 Å². The zero-order valence-corrected chi connectivity index (χ0v) is 23.5. The molecule has 1 aromatic carbocycles. The fourth-order valence-corrected chi connectivity index (χ4v) is 5.22. The van der Waals surface area contributed by atoms with Gasteiger partial charge in [0.1, 0.15) is 13.2 Å². The number of hydrogen-bond acceptors (Lipinski definition) is 11. The summed E-state index contributed by atoms with van der Waals surface area (Å²) in [6.07, 6.45) is 5.95. The standard InChI is InChI=1S/C30H31N7O6/c38-29(32-20-10-13-39-14-11-20)19-8-9-21(31-16-19)17-42-30-24-6-2-1-5-23(24)27-33-34-28(37(27)35-30)25-15-22(43-36-25)18-41-26-7-3-4-12-40-26/h1-2,5-6,8-9,15-16,20,26H,3-4,7,10-14,17-18H2,(H,32,38). The van der Waals surface area contributed by atoms with Crippen molar-refractivity contribution < 1.29 is 28.3 Å². The van der Waals surface area contributed by atoms with Crippen molar-refractivity contribution >= 4 is 22.3 Å². The number of aromatic nitrogens is 6. The van der Waals surface area contributed by atoms with Gasteiger partial charge in [0, 0.05) is 48.9 Å². The highest BCUT2D eigenvalue weighted by molar-refractivity contribution is 5.97. The van der Waals surface area contributed by atoms with Crippen molar-refractivity contribution in [2.24, 2.45) is 0 Å². The van der Waals surface area contributed by atoms with Crippen LogP contribution in [0.5, 0.6) is 5.88 Å². The average Bonchev–Trinajstić information content (AvgIpc) is 3.71. The molecule has 2 aliphatic heterocycles. The van der Waals surface area contributed by atoms with Gasteiger partial charge in [-0.15, -0.1) is 15.3 Å². The van der Waals surface area contributed by atoms with Crippen molar-refractivity contribution in [1.82, 2.24) is 35.3 Å². The second-order valence-corrected chi connectivity index (χ2v) is 10.6. The van der Waals surface area contributed by atoms with Crippen LogP contribution >= 0.6 is 0 Å². The lowest BCUT2D eigenvalue weighted by atomic mass is 10.1. The lowest BCUT2D eigenvalue weighted by molar-refractivity contribution is -0.171. The lowest BCUT2D eigenvalue weighted by Crippen LogP contribution is -2.38. The second-order valence-electron chi connectivity index (χ2n) is 10.6. The van der Waals surface area contributed by atoms with Crippen LogP contribution in [-0.2, 0) is 27.4 Å². The van der Waals surface area contributed by atoms with Crippen molar-refractivity contribution in [1.29, 1.82) is 0 Å². The van der Waals surface area contributed by atoms with Gasteiger partial charge in [-0.25, -0.2) is 0 Å². The van der Waals surface area contributed by atoms with E-state index in [-0.39, 0.29) is 31.5 Å². The monoisotopic (exact) mass is 585 g/mol. The number of amides is 1. The molecule has 2 fully saturated rings. The summed E-state index contributed by atoms with van der Waals surface area (Å²) >= 11 is 0. The Balaban J connectivity index is 1.08. The molecule has 1 amide bonds. The Hall–Kier alpha value is -4.46. The Kier molecular flexibility index (Phi) is 7.90. The quantitative estimate of drug-likeness (QED) is 0.269. The highest BCUT2D eigenvalue weighted by atomic mass is 16.7. The Labute approximate surface area is 246 Å². The topological polar surface area (TPSA) is 148 Å². The Morgan fingerprint density at radius 2 is 1.88 bits per heavy atom. The molecule has 0 saturated carbocycles. The first-order chi connectivity index (χ1) is 21.2. The van der Waals surface area contributed by atoms with E-state index in [2.05, 4.69) is 25.7 Å². The molecule has 0 spiro atoms. The number of pyridine rings is 1. The zero-order chi connectivity index (χ0) is 29.0. The van der Waals surface area contributed by atoms with Crippen LogP contribution in [0.25, 0.3) is 27.9 Å². The summed E-state index contributed by atoms with van der Waals surface area (Å²) in [6.45, 7) is 2.42. The molecule has 2 aliphatic rings. The van der Waals surface area contributed by atoms with Crippen LogP contribution in [0.2, 0.25) is 0 Å². The molecule has 1 unspecified atom stereocenters. The molecule has 6 heterocycles. The van der Waals surface area contributed by atoms with E-state index in [1.54, 1.807) is 28.9 Å². The Bertz CT molecular complexity index is 1710. The fourth-order valence-electron chi connectivity index (χ4n) is 5.22. The fraction of sp³-hybridized carbons (Fsp3) is 0.400. The van der Waals surface area contributed by atoms with Crippen LogP contribution in [0.3, 0.4) is 0 Å². The van der Waals surface area contributed by atoms with Crippen LogP contribution in [0, 0.1) is 0 Å². The number of benzene rings is 1. The number of ether oxygens (including phenoxy) is 4. The maximum atomic E-state index is 12.6. The SMILES string of the molecule is O=C(NC1CCOCC1)c1ccc(COc2nn3c(-c4cc(COC5CCCCO5)on4)nnc3c3ccccc23)nc1. The molecule has 13 heteroatoms. The molecule has 4 aromatic heterocycles. The van der Waals surface area contributed by atoms with E-state index in [1.165, 1.54) is 0 Å². The van der Waals surface area contributed by atoms with Crippen molar-refractivity contribution in [3.05, 3.63) is 65.7 Å². The van der Waals surface area contributed by atoms with E-state index in [4.69, 9.17) is 28.6 Å². The maximum absolute atomic E-state index is 12.6. The number of carbonyl (C=O) groups excluding carboxylic acids is 1. The number of rotatable bonds is 9. The van der Waals surface area contributed by atoms with E-state index in [9.17, 15) is 4.79 Å². The minimum absolute atomic E-state index is 0.120. The summed E-state index contributed by atoms with van der Waals surface area (Å²) in [5.41, 5.74) is 2.19. The van der Waals surface area contributed by atoms with Crippen LogP contribution in [0.15, 0.2) is 53.2 Å². The Morgan fingerprint density at radius 3 is 2.70 bits per heavy atom. The third-order valence-corrected chi connectivity index (χ3v) is 7.57. The third-order valence-electron chi connectivity index (χ3n) is 7.57. The molecular formula is C30H31N7O6. The number of hydrogen-bond donors (Lipinski definition) is 1. The molecular weight excluding hydrogens is 554 g/mol. The van der Waals surface area contributed by atoms with Crippen LogP contribution in [0.1, 0.15) is 53.9 Å². The highest BCUT2D eigenvalue weighted by Gasteiger charge is 2.21. The molecule has 13 nitrogen and oxygen atoms in total. The molecule has 0 aliphatic carbocycles. The third kappa shape index (κ3) is 6.05. The summed E-state index contributed by atoms with van der Waals surface area (Å²) in [5, 5.41) is 22.3. The minimum Gasteiger partial charge on any atom is -0.470 e. The number of fused-ring (bicyclic) bond motifs is 3. The molecule has 5 aromatic rings. The van der Waals surface area contributed by atoms with Crippen LogP contribution < -0.4 is 10.1 Å². The molecule has 43 heavy (non-hydrogen) atoms. The van der Waals surface area contributed by atoms with E-state index < -0.39 is 0 Å². The molecule has 1 N–H and O–H groups in total. The van der Waals surface area contributed by atoms with E-state index >= 15 is 0 Å². The van der Waals surface area contributed by atoms with Gasteiger partial charge in [-0.2, -0.15) is 4.52 Å². The number of nitrogens with one attached hydrogen (secondary N) is 1. The van der Waals surface area contributed by atoms with Crippen molar-refractivity contribution in [3.8, 4) is 17.4 Å². The summed E-state index contributed by atoms with van der Waals surface area (Å²) in [4.78, 5) is 17.1. The van der Waals surface area contributed by atoms with Gasteiger partial charge in [-0.3, -0.25) is 9.78 Å². The summed E-state index contributed by atoms with van der Waals surface area (Å²) < 4.78 is 30.1. The van der Waals surface area contributed by atoms with Gasteiger partial charge in [-0.05, 0) is 50.3 Å². The molecule has 7 rings (SSSR count). The van der Waals surface area contributed by atoms with Gasteiger partial charge in [0.2, 0.25) is 11.7 Å². The van der Waals surface area contributed by atoms with E-state index in [0.717, 1.165) is 42.9 Å². The first-order valence-corrected chi connectivity index (χ1v) is 14.5. The first kappa shape index (κ1) is 27.4. The second kappa shape index (κ2) is 12.4. The number of nitrogens with zero attached hydrogens (tertiary/aromatic N) is 6. The van der Waals surface area contributed by atoms with Crippen LogP contribution in [0.4, 0.5) is 0 Å². The molecule has 222 valence electrons. The van der Waals surface area contributed by atoms with Gasteiger partial charge in [0.25, 0.3) is 5.91 Å². The van der Waals surface area contributed by atoms with Gasteiger partial charge in [-0.1, -0.05) is 23.4 Å². The van der Waals surface area contributed by atoms with E-state index in [1.807, 2.05) is 24.3 Å². The molecule has 2 saturated heterocycles. The average molecular weight is 586 g/mol. The van der Waals surface area contributed by atoms with Gasteiger partial charge >= 0.3 is 0 Å². The van der Waals surface area contributed by atoms with E-state index in [0.29, 0.717) is 59.9 Å². The van der Waals surface area contributed by atoms with Gasteiger partial charge in [0.15, 0.2) is 23.4 Å². The largest absolute Gasteiger partial charge is 0.470 e. The summed E-state index contributed by atoms with van der Waals surface area (Å²) in [7, 11) is 0. The normalized spacial score (nSPS) is 17.8. The summed E-state index contributed by atoms with van der Waals surface area (Å²) in [5.74, 6) is 1.20. The van der Waals surface area contributed by atoms with Crippen molar-refractivity contribution in [2.75, 3.05) is 19.8 Å². The predicted octanol–water partition coefficient (Wildman–Crippen LogP) is 3.86. The van der Waals surface area contributed by atoms with Crippen LogP contribution in [-0.4, -0.2) is 68.0 Å². The maximum Gasteiger partial charge on any atom is 0.253 e. The first-order valence-electron chi connectivity index (χ1n) is 14.5. The Morgan fingerprint density at radius 1 is 1.00 bits per heavy atom. The minimum atomic E-state index is -0.233. The van der Waals surface area contributed by atoms with Gasteiger partial charge in [0.05, 0.1) is 11.3 Å². The molecule has 0 radical (unpaired) electrons. The summed E-state index contributed by atoms with van der Waals surface area (Å²) in [6, 6.07) is 13.1. The lowest BCUT2D eigenvalue weighted by Gasteiger charge is -2.23. The highest BCUT2D eigenvalue weighted by Crippen LogP contribution is 2.29. The van der Waals surface area contributed by atoms with Crippen molar-refractivity contribution in [3.63, 3.8) is 0 Å². The number of carbonyl (C=O) groups is 1. The predicted molar refractivity (Wildman–Crippen MR) is 152 cm³/mol. The molecule has 1 atom stereocenters. The van der Waals surface area contributed by atoms with Crippen molar-refractivity contribution in [2.45, 2.75) is 57.6 Å². The molecule has 0 bridgehead atoms. The zero-order valence-electron chi connectivity index (χ0n) is 23.5.